The molecule has 1 heterocycles. The fourth-order valence-electron chi connectivity index (χ4n) is 1.67. The molecule has 0 bridgehead atoms. The molecule has 2 aromatic rings. The highest BCUT2D eigenvalue weighted by Crippen LogP contribution is 2.21. The molecular formula is C13H12Cl2N2O2. The lowest BCUT2D eigenvalue weighted by molar-refractivity contribution is 0.0948. The predicted octanol–water partition coefficient (Wildman–Crippen LogP) is 3.53. The van der Waals surface area contributed by atoms with Crippen molar-refractivity contribution in [1.82, 2.24) is 10.3 Å². The lowest BCUT2D eigenvalue weighted by Crippen LogP contribution is -2.23. The lowest BCUT2D eigenvalue weighted by Gasteiger charge is -2.05. The van der Waals surface area contributed by atoms with E-state index in [2.05, 4.69) is 10.3 Å². The standard InChI is InChI=1S/C13H12Cl2N2O2/c1-7-12(19-8(2)17-7)6-16-13(18)10-4-3-9(14)5-11(10)15/h3-5H,6H2,1-2H3,(H,16,18). The molecule has 1 N–H and O–H groups in total. The van der Waals surface area contributed by atoms with E-state index in [9.17, 15) is 4.79 Å². The number of rotatable bonds is 3. The van der Waals surface area contributed by atoms with Gasteiger partial charge in [0.1, 0.15) is 5.76 Å². The van der Waals surface area contributed by atoms with Gasteiger partial charge in [0, 0.05) is 11.9 Å². The molecule has 0 atom stereocenters. The van der Waals surface area contributed by atoms with E-state index in [0.29, 0.717) is 27.3 Å². The first-order valence-electron chi connectivity index (χ1n) is 5.63. The first-order chi connectivity index (χ1) is 8.97. The summed E-state index contributed by atoms with van der Waals surface area (Å²) < 4.78 is 5.37. The van der Waals surface area contributed by atoms with Crippen molar-refractivity contribution in [2.24, 2.45) is 0 Å². The van der Waals surface area contributed by atoms with E-state index in [4.69, 9.17) is 27.6 Å². The third-order valence-electron chi connectivity index (χ3n) is 2.58. The van der Waals surface area contributed by atoms with Crippen LogP contribution in [-0.2, 0) is 6.54 Å². The normalized spacial score (nSPS) is 10.5. The monoisotopic (exact) mass is 298 g/mol. The predicted molar refractivity (Wildman–Crippen MR) is 73.6 cm³/mol. The highest BCUT2D eigenvalue weighted by atomic mass is 35.5. The van der Waals surface area contributed by atoms with Crippen LogP contribution in [0.4, 0.5) is 0 Å². The Hall–Kier alpha value is -1.52. The summed E-state index contributed by atoms with van der Waals surface area (Å²) >= 11 is 11.7. The van der Waals surface area contributed by atoms with Crippen LogP contribution in [0.1, 0.15) is 27.7 Å². The molecule has 19 heavy (non-hydrogen) atoms. The van der Waals surface area contributed by atoms with Crippen LogP contribution in [0.5, 0.6) is 0 Å². The second kappa shape index (κ2) is 5.63. The molecule has 0 aliphatic carbocycles. The summed E-state index contributed by atoms with van der Waals surface area (Å²) in [5.74, 6) is 0.928. The molecule has 0 aliphatic heterocycles. The van der Waals surface area contributed by atoms with Crippen molar-refractivity contribution in [1.29, 1.82) is 0 Å². The summed E-state index contributed by atoms with van der Waals surface area (Å²) in [4.78, 5) is 16.1. The SMILES string of the molecule is Cc1nc(C)c(CNC(=O)c2ccc(Cl)cc2Cl)o1. The third kappa shape index (κ3) is 3.28. The van der Waals surface area contributed by atoms with Crippen molar-refractivity contribution in [2.75, 3.05) is 0 Å². The summed E-state index contributed by atoms with van der Waals surface area (Å²) in [6, 6.07) is 4.73. The van der Waals surface area contributed by atoms with Gasteiger partial charge in [-0.1, -0.05) is 23.2 Å². The van der Waals surface area contributed by atoms with Crippen LogP contribution in [0.3, 0.4) is 0 Å². The maximum Gasteiger partial charge on any atom is 0.253 e. The Morgan fingerprint density at radius 2 is 2.11 bits per heavy atom. The topological polar surface area (TPSA) is 55.1 Å². The molecule has 1 aromatic carbocycles. The molecule has 0 spiro atoms. The van der Waals surface area contributed by atoms with Crippen LogP contribution in [0.2, 0.25) is 10.0 Å². The van der Waals surface area contributed by atoms with Gasteiger partial charge in [0.15, 0.2) is 5.89 Å². The number of nitrogens with one attached hydrogen (secondary N) is 1. The number of hydrogen-bond acceptors (Lipinski definition) is 3. The molecule has 6 heteroatoms. The summed E-state index contributed by atoms with van der Waals surface area (Å²) in [5, 5.41) is 3.53. The molecule has 1 amide bonds. The Balaban J connectivity index is 2.07. The number of amides is 1. The van der Waals surface area contributed by atoms with E-state index < -0.39 is 0 Å². The van der Waals surface area contributed by atoms with E-state index >= 15 is 0 Å². The van der Waals surface area contributed by atoms with Crippen molar-refractivity contribution in [3.05, 3.63) is 51.2 Å². The average Bonchev–Trinajstić information content (AvgIpc) is 2.65. The lowest BCUT2D eigenvalue weighted by atomic mass is 10.2. The van der Waals surface area contributed by atoms with Crippen molar-refractivity contribution in [3.63, 3.8) is 0 Å². The Morgan fingerprint density at radius 1 is 1.37 bits per heavy atom. The number of oxazole rings is 1. The second-order valence-electron chi connectivity index (χ2n) is 4.05. The zero-order chi connectivity index (χ0) is 14.0. The van der Waals surface area contributed by atoms with E-state index in [1.807, 2.05) is 6.92 Å². The van der Waals surface area contributed by atoms with Crippen molar-refractivity contribution in [2.45, 2.75) is 20.4 Å². The second-order valence-corrected chi connectivity index (χ2v) is 4.89. The van der Waals surface area contributed by atoms with Crippen LogP contribution < -0.4 is 5.32 Å². The van der Waals surface area contributed by atoms with Crippen molar-refractivity contribution >= 4 is 29.1 Å². The molecule has 4 nitrogen and oxygen atoms in total. The van der Waals surface area contributed by atoms with Gasteiger partial charge in [-0.25, -0.2) is 4.98 Å². The fourth-order valence-corrected chi connectivity index (χ4v) is 2.16. The van der Waals surface area contributed by atoms with Gasteiger partial charge in [-0.2, -0.15) is 0 Å². The van der Waals surface area contributed by atoms with Crippen molar-refractivity contribution < 1.29 is 9.21 Å². The Bertz CT molecular complexity index is 623. The fraction of sp³-hybridized carbons (Fsp3) is 0.231. The summed E-state index contributed by atoms with van der Waals surface area (Å²) in [6.07, 6.45) is 0. The molecule has 100 valence electrons. The van der Waals surface area contributed by atoms with Crippen LogP contribution >= 0.6 is 23.2 Å². The van der Waals surface area contributed by atoms with Crippen LogP contribution in [0.15, 0.2) is 22.6 Å². The molecule has 0 radical (unpaired) electrons. The van der Waals surface area contributed by atoms with E-state index in [1.54, 1.807) is 19.1 Å². The zero-order valence-corrected chi connectivity index (χ0v) is 12.0. The van der Waals surface area contributed by atoms with Gasteiger partial charge < -0.3 is 9.73 Å². The van der Waals surface area contributed by atoms with Gasteiger partial charge in [0.05, 0.1) is 22.8 Å². The van der Waals surface area contributed by atoms with Crippen LogP contribution in [0.25, 0.3) is 0 Å². The summed E-state index contributed by atoms with van der Waals surface area (Å²) in [7, 11) is 0. The smallest absolute Gasteiger partial charge is 0.253 e. The zero-order valence-electron chi connectivity index (χ0n) is 10.5. The van der Waals surface area contributed by atoms with Gasteiger partial charge in [0.2, 0.25) is 0 Å². The Morgan fingerprint density at radius 3 is 2.68 bits per heavy atom. The highest BCUT2D eigenvalue weighted by molar-refractivity contribution is 6.36. The minimum Gasteiger partial charge on any atom is -0.444 e. The van der Waals surface area contributed by atoms with Crippen LogP contribution in [-0.4, -0.2) is 10.9 Å². The van der Waals surface area contributed by atoms with Gasteiger partial charge in [0.25, 0.3) is 5.91 Å². The number of halogens is 2. The van der Waals surface area contributed by atoms with Crippen LogP contribution in [0, 0.1) is 13.8 Å². The largest absolute Gasteiger partial charge is 0.444 e. The molecule has 0 saturated carbocycles. The third-order valence-corrected chi connectivity index (χ3v) is 3.13. The number of aryl methyl sites for hydroxylation is 2. The molecule has 2 rings (SSSR count). The van der Waals surface area contributed by atoms with Crippen molar-refractivity contribution in [3.8, 4) is 0 Å². The van der Waals surface area contributed by atoms with Gasteiger partial charge in [-0.15, -0.1) is 0 Å². The molecule has 0 aliphatic rings. The maximum absolute atomic E-state index is 12.0. The molecule has 0 saturated heterocycles. The number of aromatic nitrogens is 1. The maximum atomic E-state index is 12.0. The molecular weight excluding hydrogens is 287 g/mol. The van der Waals surface area contributed by atoms with Gasteiger partial charge in [-0.05, 0) is 25.1 Å². The van der Waals surface area contributed by atoms with E-state index in [1.165, 1.54) is 6.07 Å². The molecule has 0 unspecified atom stereocenters. The molecule has 1 aromatic heterocycles. The number of carbonyl (C=O) groups is 1. The average molecular weight is 299 g/mol. The minimum absolute atomic E-state index is 0.268. The number of hydrogen-bond donors (Lipinski definition) is 1. The van der Waals surface area contributed by atoms with E-state index in [0.717, 1.165) is 5.69 Å². The van der Waals surface area contributed by atoms with Gasteiger partial charge in [-0.3, -0.25) is 4.79 Å². The van der Waals surface area contributed by atoms with E-state index in [-0.39, 0.29) is 12.5 Å². The minimum atomic E-state index is -0.282. The first-order valence-corrected chi connectivity index (χ1v) is 6.39. The quantitative estimate of drug-likeness (QED) is 0.943. The summed E-state index contributed by atoms with van der Waals surface area (Å²) in [5.41, 5.74) is 1.14. The number of benzene rings is 1. The highest BCUT2D eigenvalue weighted by Gasteiger charge is 2.12. The van der Waals surface area contributed by atoms with Gasteiger partial charge >= 0.3 is 0 Å². The Kier molecular flexibility index (Phi) is 4.12. The summed E-state index contributed by atoms with van der Waals surface area (Å²) in [6.45, 7) is 3.85. The number of nitrogens with zero attached hydrogens (tertiary/aromatic N) is 1. The number of carbonyl (C=O) groups excluding carboxylic acids is 1. The Labute approximate surface area is 120 Å². The molecule has 0 fully saturated rings. The first kappa shape index (κ1) is 13.9.